The number of carbonyl (C=O) groups is 3. The molecule has 0 spiro atoms. The minimum absolute atomic E-state index is 0.00683. The Morgan fingerprint density at radius 3 is 2.36 bits per heavy atom. The van der Waals surface area contributed by atoms with Crippen LogP contribution < -0.4 is 10.6 Å². The first-order valence-electron chi connectivity index (χ1n) is 8.89. The number of likely N-dealkylation sites (tertiary alicyclic amines) is 1. The summed E-state index contributed by atoms with van der Waals surface area (Å²) in [5.74, 6) is -0.269. The average molecular weight is 357 g/mol. The van der Waals surface area contributed by atoms with E-state index in [-0.39, 0.29) is 24.6 Å². The van der Waals surface area contributed by atoms with Crippen LogP contribution in [0.2, 0.25) is 0 Å². The summed E-state index contributed by atoms with van der Waals surface area (Å²) in [6.07, 6.45) is 2.28. The van der Waals surface area contributed by atoms with Crippen molar-refractivity contribution in [3.05, 3.63) is 0 Å². The zero-order valence-electron chi connectivity index (χ0n) is 15.7. The maximum atomic E-state index is 11.9. The third kappa shape index (κ3) is 9.16. The zero-order chi connectivity index (χ0) is 18.9. The van der Waals surface area contributed by atoms with Crippen LogP contribution in [-0.4, -0.2) is 60.9 Å². The molecule has 1 heterocycles. The van der Waals surface area contributed by atoms with Gasteiger partial charge in [-0.3, -0.25) is 4.79 Å². The number of amides is 3. The van der Waals surface area contributed by atoms with Crippen molar-refractivity contribution in [1.29, 1.82) is 0 Å². The number of nitrogens with one attached hydrogen (secondary N) is 2. The molecule has 0 aromatic rings. The molecule has 0 aliphatic carbocycles. The molecule has 8 nitrogen and oxygen atoms in total. The van der Waals surface area contributed by atoms with Gasteiger partial charge in [0.1, 0.15) is 12.1 Å². The standard InChI is InChI=1S/C17H31N3O5/c1-5-6-11-24-16(23)20-9-7-13(8-10-20)19-14(21)12-18-15(22)25-17(2,3)4/h13H,5-12H2,1-4H3,(H,18,22)(H,19,21). The summed E-state index contributed by atoms with van der Waals surface area (Å²) in [5, 5.41) is 5.29. The van der Waals surface area contributed by atoms with E-state index in [1.807, 2.05) is 6.92 Å². The summed E-state index contributed by atoms with van der Waals surface area (Å²) in [7, 11) is 0. The SMILES string of the molecule is CCCCOC(=O)N1CCC(NC(=O)CNC(=O)OC(C)(C)C)CC1. The van der Waals surface area contributed by atoms with E-state index in [0.29, 0.717) is 32.5 Å². The van der Waals surface area contributed by atoms with Crippen molar-refractivity contribution in [3.63, 3.8) is 0 Å². The molecule has 0 bridgehead atoms. The molecular formula is C17H31N3O5. The van der Waals surface area contributed by atoms with E-state index in [9.17, 15) is 14.4 Å². The van der Waals surface area contributed by atoms with Crippen LogP contribution in [0.1, 0.15) is 53.4 Å². The summed E-state index contributed by atoms with van der Waals surface area (Å²) in [6, 6.07) is -0.00683. The van der Waals surface area contributed by atoms with Gasteiger partial charge < -0.3 is 25.0 Å². The van der Waals surface area contributed by atoms with Gasteiger partial charge in [0.25, 0.3) is 0 Å². The first-order valence-corrected chi connectivity index (χ1v) is 8.89. The Balaban J connectivity index is 2.21. The molecule has 0 unspecified atom stereocenters. The Morgan fingerprint density at radius 1 is 1.16 bits per heavy atom. The summed E-state index contributed by atoms with van der Waals surface area (Å²) in [6.45, 7) is 8.73. The number of alkyl carbamates (subject to hydrolysis) is 1. The molecule has 1 rings (SSSR count). The number of hydrogen-bond acceptors (Lipinski definition) is 5. The number of unbranched alkanes of at least 4 members (excludes halogenated alkanes) is 1. The van der Waals surface area contributed by atoms with Crippen molar-refractivity contribution >= 4 is 18.1 Å². The highest BCUT2D eigenvalue weighted by molar-refractivity contribution is 5.82. The van der Waals surface area contributed by atoms with Crippen LogP contribution in [-0.2, 0) is 14.3 Å². The second kappa shape index (κ2) is 10.1. The highest BCUT2D eigenvalue weighted by Gasteiger charge is 2.25. The predicted octanol–water partition coefficient (Wildman–Crippen LogP) is 2.03. The van der Waals surface area contributed by atoms with Crippen LogP contribution in [0.3, 0.4) is 0 Å². The summed E-state index contributed by atoms with van der Waals surface area (Å²) in [4.78, 5) is 36.9. The van der Waals surface area contributed by atoms with Gasteiger partial charge >= 0.3 is 12.2 Å². The second-order valence-electron chi connectivity index (χ2n) is 7.15. The van der Waals surface area contributed by atoms with Crippen molar-refractivity contribution < 1.29 is 23.9 Å². The third-order valence-electron chi connectivity index (χ3n) is 3.63. The van der Waals surface area contributed by atoms with E-state index < -0.39 is 11.7 Å². The average Bonchev–Trinajstić information content (AvgIpc) is 2.52. The smallest absolute Gasteiger partial charge is 0.409 e. The lowest BCUT2D eigenvalue weighted by molar-refractivity contribution is -0.121. The van der Waals surface area contributed by atoms with Gasteiger partial charge in [-0.05, 0) is 40.0 Å². The molecule has 25 heavy (non-hydrogen) atoms. The van der Waals surface area contributed by atoms with Gasteiger partial charge in [-0.25, -0.2) is 9.59 Å². The molecule has 0 atom stereocenters. The van der Waals surface area contributed by atoms with E-state index in [4.69, 9.17) is 9.47 Å². The predicted molar refractivity (Wildman–Crippen MR) is 93.2 cm³/mol. The van der Waals surface area contributed by atoms with Gasteiger partial charge in [-0.1, -0.05) is 13.3 Å². The van der Waals surface area contributed by atoms with Crippen LogP contribution in [0, 0.1) is 0 Å². The first kappa shape index (κ1) is 21.1. The highest BCUT2D eigenvalue weighted by atomic mass is 16.6. The molecule has 1 aliphatic rings. The van der Waals surface area contributed by atoms with Crippen LogP contribution in [0.25, 0.3) is 0 Å². The van der Waals surface area contributed by atoms with Gasteiger partial charge in [0, 0.05) is 19.1 Å². The lowest BCUT2D eigenvalue weighted by atomic mass is 10.1. The van der Waals surface area contributed by atoms with Gasteiger partial charge in [-0.15, -0.1) is 0 Å². The Bertz CT molecular complexity index is 454. The lowest BCUT2D eigenvalue weighted by Gasteiger charge is -2.31. The second-order valence-corrected chi connectivity index (χ2v) is 7.15. The van der Waals surface area contributed by atoms with Crippen molar-refractivity contribution in [3.8, 4) is 0 Å². The fourth-order valence-electron chi connectivity index (χ4n) is 2.35. The number of carbonyl (C=O) groups excluding carboxylic acids is 3. The van der Waals surface area contributed by atoms with Gasteiger partial charge in [0.2, 0.25) is 5.91 Å². The van der Waals surface area contributed by atoms with Gasteiger partial charge in [0.15, 0.2) is 0 Å². The van der Waals surface area contributed by atoms with Crippen LogP contribution in [0.5, 0.6) is 0 Å². The largest absolute Gasteiger partial charge is 0.449 e. The van der Waals surface area contributed by atoms with Crippen LogP contribution in [0.4, 0.5) is 9.59 Å². The minimum atomic E-state index is -0.618. The summed E-state index contributed by atoms with van der Waals surface area (Å²) >= 11 is 0. The fourth-order valence-corrected chi connectivity index (χ4v) is 2.35. The Labute approximate surface area is 149 Å². The maximum Gasteiger partial charge on any atom is 0.409 e. The van der Waals surface area contributed by atoms with Crippen molar-refractivity contribution in [2.24, 2.45) is 0 Å². The number of nitrogens with zero attached hydrogens (tertiary/aromatic N) is 1. The van der Waals surface area contributed by atoms with E-state index in [2.05, 4.69) is 10.6 Å². The Kier molecular flexibility index (Phi) is 8.51. The Morgan fingerprint density at radius 2 is 1.80 bits per heavy atom. The number of rotatable bonds is 6. The normalized spacial score (nSPS) is 15.4. The molecule has 0 saturated carbocycles. The maximum absolute atomic E-state index is 11.9. The fraction of sp³-hybridized carbons (Fsp3) is 0.824. The molecule has 8 heteroatoms. The van der Waals surface area contributed by atoms with Crippen molar-refractivity contribution in [1.82, 2.24) is 15.5 Å². The Hall–Kier alpha value is -1.99. The van der Waals surface area contributed by atoms with Crippen molar-refractivity contribution in [2.45, 2.75) is 65.0 Å². The third-order valence-corrected chi connectivity index (χ3v) is 3.63. The molecule has 3 amide bonds. The van der Waals surface area contributed by atoms with E-state index in [0.717, 1.165) is 12.8 Å². The van der Waals surface area contributed by atoms with E-state index in [1.54, 1.807) is 25.7 Å². The molecule has 0 radical (unpaired) electrons. The topological polar surface area (TPSA) is 97.0 Å². The summed E-state index contributed by atoms with van der Waals surface area (Å²) < 4.78 is 10.3. The quantitative estimate of drug-likeness (QED) is 0.709. The zero-order valence-corrected chi connectivity index (χ0v) is 15.7. The molecule has 0 aromatic heterocycles. The first-order chi connectivity index (χ1) is 11.7. The minimum Gasteiger partial charge on any atom is -0.449 e. The number of ether oxygens (including phenoxy) is 2. The number of hydrogen-bond donors (Lipinski definition) is 2. The molecule has 1 saturated heterocycles. The summed E-state index contributed by atoms with van der Waals surface area (Å²) in [5.41, 5.74) is -0.598. The molecule has 2 N–H and O–H groups in total. The molecule has 1 fully saturated rings. The van der Waals surface area contributed by atoms with Gasteiger partial charge in [-0.2, -0.15) is 0 Å². The highest BCUT2D eigenvalue weighted by Crippen LogP contribution is 2.12. The van der Waals surface area contributed by atoms with Crippen LogP contribution in [0.15, 0.2) is 0 Å². The molecule has 0 aromatic carbocycles. The van der Waals surface area contributed by atoms with Crippen LogP contribution >= 0.6 is 0 Å². The molecule has 144 valence electrons. The lowest BCUT2D eigenvalue weighted by Crippen LogP contribution is -2.49. The van der Waals surface area contributed by atoms with E-state index >= 15 is 0 Å². The monoisotopic (exact) mass is 357 g/mol. The van der Waals surface area contributed by atoms with E-state index in [1.165, 1.54) is 0 Å². The molecular weight excluding hydrogens is 326 g/mol. The van der Waals surface area contributed by atoms with Crippen molar-refractivity contribution in [2.75, 3.05) is 26.2 Å². The molecule has 1 aliphatic heterocycles. The number of piperidine rings is 1. The van der Waals surface area contributed by atoms with Gasteiger partial charge in [0.05, 0.1) is 6.61 Å².